The van der Waals surface area contributed by atoms with Crippen LogP contribution in [0.4, 0.5) is 0 Å². The normalized spacial score (nSPS) is 17.4. The van der Waals surface area contributed by atoms with Gasteiger partial charge in [-0.2, -0.15) is 4.98 Å². The predicted molar refractivity (Wildman–Crippen MR) is 75.4 cm³/mol. The maximum atomic E-state index is 6.28. The van der Waals surface area contributed by atoms with Crippen LogP contribution < -0.4 is 5.73 Å². The molecule has 0 saturated heterocycles. The molecule has 1 fully saturated rings. The zero-order chi connectivity index (χ0) is 12.6. The highest BCUT2D eigenvalue weighted by Gasteiger charge is 2.36. The SMILES string of the molecule is CSc1ccc(-c2nc(C3(N)CCCC3)no2)o1.Cl. The monoisotopic (exact) mass is 301 g/mol. The van der Waals surface area contributed by atoms with Gasteiger partial charge in [0.25, 0.3) is 5.89 Å². The van der Waals surface area contributed by atoms with Gasteiger partial charge in [0.15, 0.2) is 16.7 Å². The second kappa shape index (κ2) is 5.56. The minimum atomic E-state index is -0.420. The Morgan fingerprint density at radius 3 is 2.68 bits per heavy atom. The lowest BCUT2D eigenvalue weighted by atomic mass is 9.99. The molecule has 0 bridgehead atoms. The van der Waals surface area contributed by atoms with Gasteiger partial charge in [-0.15, -0.1) is 12.4 Å². The van der Waals surface area contributed by atoms with Gasteiger partial charge in [0.05, 0.1) is 5.54 Å². The summed E-state index contributed by atoms with van der Waals surface area (Å²) in [5.41, 5.74) is 5.86. The molecular weight excluding hydrogens is 286 g/mol. The highest BCUT2D eigenvalue weighted by Crippen LogP contribution is 2.35. The zero-order valence-corrected chi connectivity index (χ0v) is 12.2. The van der Waals surface area contributed by atoms with Crippen molar-refractivity contribution in [2.45, 2.75) is 36.3 Å². The van der Waals surface area contributed by atoms with E-state index in [1.165, 1.54) is 11.8 Å². The third-order valence-electron chi connectivity index (χ3n) is 3.36. The molecule has 0 unspecified atom stereocenters. The highest BCUT2D eigenvalue weighted by molar-refractivity contribution is 7.98. The van der Waals surface area contributed by atoms with Crippen LogP contribution in [0, 0.1) is 0 Å². The number of halogens is 1. The molecule has 1 aliphatic carbocycles. The van der Waals surface area contributed by atoms with Gasteiger partial charge < -0.3 is 14.7 Å². The van der Waals surface area contributed by atoms with Crippen LogP contribution in [0.1, 0.15) is 31.5 Å². The van der Waals surface area contributed by atoms with E-state index in [9.17, 15) is 0 Å². The van der Waals surface area contributed by atoms with Crippen molar-refractivity contribution in [1.29, 1.82) is 0 Å². The molecule has 0 spiro atoms. The van der Waals surface area contributed by atoms with Crippen LogP contribution >= 0.6 is 24.2 Å². The van der Waals surface area contributed by atoms with Gasteiger partial charge in [-0.25, -0.2) is 0 Å². The first kappa shape index (κ1) is 14.4. The van der Waals surface area contributed by atoms with Gasteiger partial charge in [0.2, 0.25) is 0 Å². The van der Waals surface area contributed by atoms with Crippen LogP contribution in [-0.4, -0.2) is 16.4 Å². The van der Waals surface area contributed by atoms with Crippen molar-refractivity contribution < 1.29 is 8.94 Å². The van der Waals surface area contributed by atoms with Gasteiger partial charge in [0.1, 0.15) is 0 Å². The van der Waals surface area contributed by atoms with E-state index in [2.05, 4.69) is 10.1 Å². The summed E-state index contributed by atoms with van der Waals surface area (Å²) in [5.74, 6) is 1.60. The molecule has 5 nitrogen and oxygen atoms in total. The minimum absolute atomic E-state index is 0. The number of hydrogen-bond acceptors (Lipinski definition) is 6. The van der Waals surface area contributed by atoms with E-state index in [0.717, 1.165) is 30.8 Å². The van der Waals surface area contributed by atoms with Gasteiger partial charge in [-0.1, -0.05) is 29.8 Å². The number of rotatable bonds is 3. The Morgan fingerprint density at radius 2 is 2.05 bits per heavy atom. The third kappa shape index (κ3) is 2.66. The summed E-state index contributed by atoms with van der Waals surface area (Å²) >= 11 is 1.53. The van der Waals surface area contributed by atoms with Gasteiger partial charge >= 0.3 is 0 Å². The summed E-state index contributed by atoms with van der Waals surface area (Å²) in [6.45, 7) is 0. The summed E-state index contributed by atoms with van der Waals surface area (Å²) in [6, 6.07) is 3.72. The van der Waals surface area contributed by atoms with E-state index in [4.69, 9.17) is 14.7 Å². The largest absolute Gasteiger partial charge is 0.445 e. The number of hydrogen-bond donors (Lipinski definition) is 1. The Labute approximate surface area is 121 Å². The fraction of sp³-hybridized carbons (Fsp3) is 0.500. The summed E-state index contributed by atoms with van der Waals surface area (Å²) in [7, 11) is 0. The molecule has 7 heteroatoms. The van der Waals surface area contributed by atoms with E-state index < -0.39 is 5.54 Å². The fourth-order valence-electron chi connectivity index (χ4n) is 2.30. The Morgan fingerprint density at radius 1 is 1.32 bits per heavy atom. The zero-order valence-electron chi connectivity index (χ0n) is 10.6. The molecule has 1 aliphatic rings. The number of aromatic nitrogens is 2. The first-order valence-corrected chi connectivity index (χ1v) is 7.21. The van der Waals surface area contributed by atoms with Crippen LogP contribution in [-0.2, 0) is 5.54 Å². The molecule has 0 amide bonds. The summed E-state index contributed by atoms with van der Waals surface area (Å²) in [5, 5.41) is 4.83. The lowest BCUT2D eigenvalue weighted by Gasteiger charge is -2.17. The van der Waals surface area contributed by atoms with Crippen molar-refractivity contribution in [3.8, 4) is 11.7 Å². The molecule has 2 aromatic rings. The van der Waals surface area contributed by atoms with Crippen LogP contribution in [0.2, 0.25) is 0 Å². The molecule has 104 valence electrons. The summed E-state index contributed by atoms with van der Waals surface area (Å²) < 4.78 is 10.8. The lowest BCUT2D eigenvalue weighted by molar-refractivity contribution is 0.365. The second-order valence-corrected chi connectivity index (χ2v) is 5.42. The molecule has 2 aromatic heterocycles. The summed E-state index contributed by atoms with van der Waals surface area (Å²) in [6.07, 6.45) is 6.03. The minimum Gasteiger partial charge on any atom is -0.445 e. The quantitative estimate of drug-likeness (QED) is 0.877. The number of thioether (sulfide) groups is 1. The summed E-state index contributed by atoms with van der Waals surface area (Å²) in [4.78, 5) is 4.38. The van der Waals surface area contributed by atoms with Crippen molar-refractivity contribution >= 4 is 24.2 Å². The maximum Gasteiger partial charge on any atom is 0.293 e. The molecule has 3 rings (SSSR count). The van der Waals surface area contributed by atoms with E-state index in [0.29, 0.717) is 17.5 Å². The van der Waals surface area contributed by atoms with Crippen molar-refractivity contribution in [3.05, 3.63) is 18.0 Å². The Bertz CT molecular complexity index is 549. The van der Waals surface area contributed by atoms with Gasteiger partial charge in [-0.3, -0.25) is 0 Å². The second-order valence-electron chi connectivity index (χ2n) is 4.61. The molecule has 1 saturated carbocycles. The van der Waals surface area contributed by atoms with E-state index in [1.807, 2.05) is 18.4 Å². The van der Waals surface area contributed by atoms with Crippen molar-refractivity contribution in [2.75, 3.05) is 6.26 Å². The number of nitrogens with two attached hydrogens (primary N) is 1. The Hall–Kier alpha value is -0.980. The lowest BCUT2D eigenvalue weighted by Crippen LogP contribution is -2.34. The topological polar surface area (TPSA) is 78.1 Å². The molecule has 2 heterocycles. The van der Waals surface area contributed by atoms with Crippen LogP contribution in [0.15, 0.2) is 26.2 Å². The van der Waals surface area contributed by atoms with Crippen molar-refractivity contribution in [2.24, 2.45) is 5.73 Å². The van der Waals surface area contributed by atoms with Crippen molar-refractivity contribution in [3.63, 3.8) is 0 Å². The molecule has 19 heavy (non-hydrogen) atoms. The Balaban J connectivity index is 0.00000133. The van der Waals surface area contributed by atoms with Crippen molar-refractivity contribution in [1.82, 2.24) is 10.1 Å². The molecule has 0 aromatic carbocycles. The number of nitrogens with zero attached hydrogens (tertiary/aromatic N) is 2. The standard InChI is InChI=1S/C12H15N3O2S.ClH/c1-18-9-5-4-8(16-9)10-14-11(15-17-10)12(13)6-2-3-7-12;/h4-5H,2-3,6-7,13H2,1H3;1H. The van der Waals surface area contributed by atoms with E-state index in [1.54, 1.807) is 0 Å². The predicted octanol–water partition coefficient (Wildman–Crippen LogP) is 3.20. The average molecular weight is 302 g/mol. The van der Waals surface area contributed by atoms with Crippen LogP contribution in [0.3, 0.4) is 0 Å². The first-order chi connectivity index (χ1) is 8.71. The Kier molecular flexibility index (Phi) is 4.23. The first-order valence-electron chi connectivity index (χ1n) is 5.98. The molecule has 0 atom stereocenters. The van der Waals surface area contributed by atoms with Crippen LogP contribution in [0.25, 0.3) is 11.7 Å². The average Bonchev–Trinajstić information content (AvgIpc) is 3.08. The van der Waals surface area contributed by atoms with Gasteiger partial charge in [0, 0.05) is 0 Å². The molecule has 0 radical (unpaired) electrons. The van der Waals surface area contributed by atoms with Gasteiger partial charge in [-0.05, 0) is 31.2 Å². The smallest absolute Gasteiger partial charge is 0.293 e. The molecular formula is C12H16ClN3O2S. The van der Waals surface area contributed by atoms with Crippen LogP contribution in [0.5, 0.6) is 0 Å². The van der Waals surface area contributed by atoms with E-state index in [-0.39, 0.29) is 12.4 Å². The molecule has 2 N–H and O–H groups in total. The third-order valence-corrected chi connectivity index (χ3v) is 3.98. The highest BCUT2D eigenvalue weighted by atomic mass is 35.5. The molecule has 0 aliphatic heterocycles. The maximum absolute atomic E-state index is 6.28. The van der Waals surface area contributed by atoms with E-state index >= 15 is 0 Å². The number of furan rings is 1. The fourth-order valence-corrected chi connectivity index (χ4v) is 2.68.